The van der Waals surface area contributed by atoms with Crippen molar-refractivity contribution < 1.29 is 680 Å². The van der Waals surface area contributed by atoms with Crippen molar-refractivity contribution in [3.05, 3.63) is 0 Å². The second-order valence-electron chi connectivity index (χ2n) is 17.9. The third kappa shape index (κ3) is 67.2. The number of amides is 12. The summed E-state index contributed by atoms with van der Waals surface area (Å²) in [6.07, 6.45) is -1.80. The molecule has 1 rings (SSSR count). The van der Waals surface area contributed by atoms with Gasteiger partial charge in [0.25, 0.3) is 0 Å². The average Bonchev–Trinajstić information content (AvgIpc) is 3.24. The topological polar surface area (TPSA) is 414 Å². The first-order valence-corrected chi connectivity index (χ1v) is 25.1. The van der Waals surface area contributed by atoms with Crippen LogP contribution in [0.2, 0.25) is 0 Å². The van der Waals surface area contributed by atoms with Gasteiger partial charge in [-0.05, 0) is 50.4 Å². The molecule has 0 aromatic heterocycles. The van der Waals surface area contributed by atoms with Crippen LogP contribution in [0.25, 0.3) is 0 Å². The number of primary amides is 2. The van der Waals surface area contributed by atoms with E-state index in [1.807, 2.05) is 0 Å². The zero-order valence-corrected chi connectivity index (χ0v) is 97.9. The Morgan fingerprint density at radius 3 is 1.25 bits per heavy atom. The van der Waals surface area contributed by atoms with Gasteiger partial charge in [-0.15, -0.1) is 0 Å². The van der Waals surface area contributed by atoms with Crippen LogP contribution in [-0.2, 0) is 62.3 Å². The second kappa shape index (κ2) is 79.1. The molecular formula is C42H70N12Nd15O14S2. The first-order valence-electron chi connectivity index (χ1n) is 22.6. The fourth-order valence-corrected chi connectivity index (χ4v) is 8.81. The fourth-order valence-electron chi connectivity index (χ4n) is 6.47. The third-order valence-electron chi connectivity index (χ3n) is 9.89. The van der Waals surface area contributed by atoms with Crippen molar-refractivity contribution in [3.63, 3.8) is 0 Å². The Labute approximate surface area is 999 Å². The van der Waals surface area contributed by atoms with E-state index in [1.54, 1.807) is 41.5 Å². The monoisotopic (exact) mass is 3160 g/mol. The molecule has 0 spiro atoms. The standard InChI is InChI=1S/C42H70N12O14S2.15Nd/c1-19(2)11-25-37(63)45-16-33(58)50-29(35(44)61)17-69-70-18-30(48-23(8)55)38(64)46-15-32(57)49-24(9-10-31(43)56)39(65)52-27(13-21(5)6)41(67)54-28(14-34(59)60)42(68)53-26(12-20(3)4)40(66)47-22(7)36(62)51-25;;;;;;;;;;;;;;;/h19-22,24-30H,9-18H2,1-8H3,(H2,43,56)(H2,44,61)(H,45,63)(H,46,64)(H,47,66)(H,48,55)(H,49,57)(H,50,58)(H,51,62)(H,52,65)(H,53,68)(H,54,67)(H,59,60);;;;;;;;;;;;;;;. The number of nitrogens with one attached hydrogen (secondary N) is 10. The molecule has 0 aliphatic carbocycles. The maximum Gasteiger partial charge on any atom is 0.305 e. The van der Waals surface area contributed by atoms with Gasteiger partial charge in [-0.3, -0.25) is 62.3 Å². The van der Waals surface area contributed by atoms with Crippen molar-refractivity contribution in [1.82, 2.24) is 53.2 Å². The number of aliphatic carboxylic acids is 1. The molecule has 85 heavy (non-hydrogen) atoms. The van der Waals surface area contributed by atoms with Crippen LogP contribution in [0.1, 0.15) is 93.9 Å². The van der Waals surface area contributed by atoms with E-state index in [1.165, 1.54) is 6.92 Å². The average molecular weight is 3190 g/mol. The van der Waals surface area contributed by atoms with Crippen molar-refractivity contribution in [2.75, 3.05) is 24.6 Å². The Balaban J connectivity index is -0.000000251. The van der Waals surface area contributed by atoms with Crippen LogP contribution >= 0.6 is 21.6 Å². The Morgan fingerprint density at radius 1 is 0.494 bits per heavy atom. The van der Waals surface area contributed by atoms with Gasteiger partial charge in [-0.2, -0.15) is 0 Å². The summed E-state index contributed by atoms with van der Waals surface area (Å²) in [4.78, 5) is 169. The molecule has 1 heterocycles. The molecule has 0 saturated carbocycles. The molecular weight excluding hydrogens is 3120 g/mol. The van der Waals surface area contributed by atoms with Gasteiger partial charge in [0.05, 0.1) is 19.5 Å². The molecule has 454 valence electrons. The first kappa shape index (κ1) is 135. The van der Waals surface area contributed by atoms with Gasteiger partial charge in [0.15, 0.2) is 0 Å². The van der Waals surface area contributed by atoms with Crippen LogP contribution in [0, 0.1) is 630 Å². The normalized spacial score (nSPS) is 20.8. The van der Waals surface area contributed by atoms with Gasteiger partial charge >= 0.3 is 5.97 Å². The zero-order chi connectivity index (χ0) is 53.4. The van der Waals surface area contributed by atoms with E-state index in [0.29, 0.717) is 0 Å². The molecule has 43 heteroatoms. The molecule has 12 amide bonds. The van der Waals surface area contributed by atoms with Gasteiger partial charge in [0, 0.05) is 637 Å². The number of nitrogens with two attached hydrogens (primary N) is 2. The van der Waals surface area contributed by atoms with E-state index in [9.17, 15) is 67.4 Å². The molecule has 0 radical (unpaired) electrons. The number of rotatable bonds is 13. The number of carbonyl (C=O) groups excluding carboxylic acids is 12. The summed E-state index contributed by atoms with van der Waals surface area (Å²) >= 11 is 0. The number of hydrogen-bond acceptors (Lipinski definition) is 15. The van der Waals surface area contributed by atoms with Crippen molar-refractivity contribution in [1.29, 1.82) is 0 Å². The van der Waals surface area contributed by atoms with Crippen molar-refractivity contribution in [3.8, 4) is 0 Å². The number of carboxylic acids is 1. The molecule has 0 aromatic carbocycles. The molecule has 0 aromatic rings. The molecule has 15 N–H and O–H groups in total. The number of carboxylic acid groups (broad SMARTS) is 1. The van der Waals surface area contributed by atoms with Crippen LogP contribution in [0.5, 0.6) is 0 Å². The van der Waals surface area contributed by atoms with E-state index in [2.05, 4.69) is 53.2 Å². The Kier molecular flexibility index (Phi) is 125. The van der Waals surface area contributed by atoms with Crippen LogP contribution < -0.4 is 64.6 Å². The minimum absolute atomic E-state index is 0. The molecule has 0 bridgehead atoms. The molecule has 1 aliphatic rings. The zero-order valence-electron chi connectivity index (χ0n) is 48.1. The fraction of sp³-hybridized carbons (Fsp3) is 0.690. The maximum atomic E-state index is 13.8. The predicted molar refractivity (Wildman–Crippen MR) is 256 cm³/mol. The van der Waals surface area contributed by atoms with Crippen LogP contribution in [0.3, 0.4) is 0 Å². The van der Waals surface area contributed by atoms with Gasteiger partial charge < -0.3 is 69.7 Å². The summed E-state index contributed by atoms with van der Waals surface area (Å²) in [5.74, 6) is -13.2. The maximum absolute atomic E-state index is 13.8. The van der Waals surface area contributed by atoms with Crippen LogP contribution in [-0.4, -0.2) is 155 Å². The second-order valence-corrected chi connectivity index (χ2v) is 20.4. The van der Waals surface area contributed by atoms with E-state index in [-0.39, 0.29) is 668 Å². The summed E-state index contributed by atoms with van der Waals surface area (Å²) in [6.45, 7) is 11.4. The quantitative estimate of drug-likeness (QED) is 0.0780. The number of hydrogen-bond donors (Lipinski definition) is 13. The summed E-state index contributed by atoms with van der Waals surface area (Å²) in [5, 5.41) is 34.0. The van der Waals surface area contributed by atoms with Crippen LogP contribution in [0.15, 0.2) is 0 Å². The van der Waals surface area contributed by atoms with E-state index in [4.69, 9.17) is 11.5 Å². The first-order chi connectivity index (χ1) is 32.6. The van der Waals surface area contributed by atoms with E-state index in [0.717, 1.165) is 28.5 Å². The van der Waals surface area contributed by atoms with Crippen molar-refractivity contribution in [2.24, 2.45) is 29.2 Å². The SMILES string of the molecule is CC(=O)NC1CSSCC(C(N)=O)NC(=O)CNC(=O)C(CC(C)C)NC(=O)C(C)NC(=O)C(CC(C)C)NC(=O)C(CC(=O)O)NC(=O)C(CC(C)C)NC(=O)C(CCC(N)=O)NC(=O)CNC1=O.[Nd].[Nd].[Nd].[Nd].[Nd].[Nd].[Nd].[Nd].[Nd].[Nd].[Nd].[Nd].[Nd].[Nd].[Nd]. The minimum Gasteiger partial charge on any atom is -0.481 e. The predicted octanol–water partition coefficient (Wildman–Crippen LogP) is -4.10. The van der Waals surface area contributed by atoms with Crippen molar-refractivity contribution >= 4 is 98.4 Å². The van der Waals surface area contributed by atoms with Gasteiger partial charge in [-0.1, -0.05) is 63.1 Å². The summed E-state index contributed by atoms with van der Waals surface area (Å²) in [5.41, 5.74) is 10.8. The summed E-state index contributed by atoms with van der Waals surface area (Å²) in [7, 11) is 1.98. The summed E-state index contributed by atoms with van der Waals surface area (Å²) < 4.78 is 0. The summed E-state index contributed by atoms with van der Waals surface area (Å²) in [6, 6.07) is -11.2. The minimum atomic E-state index is -1.82. The van der Waals surface area contributed by atoms with E-state index >= 15 is 0 Å². The van der Waals surface area contributed by atoms with Crippen LogP contribution in [0.4, 0.5) is 0 Å². The number of carbonyl (C=O) groups is 13. The molecule has 1 aliphatic heterocycles. The van der Waals surface area contributed by atoms with Gasteiger partial charge in [0.1, 0.15) is 48.3 Å². The smallest absolute Gasteiger partial charge is 0.305 e. The molecule has 26 nitrogen and oxygen atoms in total. The Hall–Kier alpha value is 14.1. The molecule has 8 unspecified atom stereocenters. The Bertz CT molecular complexity index is 1980. The Morgan fingerprint density at radius 2 is 0.847 bits per heavy atom. The van der Waals surface area contributed by atoms with Gasteiger partial charge in [-0.25, -0.2) is 0 Å². The van der Waals surface area contributed by atoms with E-state index < -0.39 is 151 Å². The molecule has 8 atom stereocenters. The molecule has 1 saturated heterocycles. The third-order valence-corrected chi connectivity index (χ3v) is 12.3. The van der Waals surface area contributed by atoms with Gasteiger partial charge in [0.2, 0.25) is 70.9 Å². The molecule has 1 fully saturated rings. The van der Waals surface area contributed by atoms with Crippen molar-refractivity contribution in [2.45, 2.75) is 142 Å². The largest absolute Gasteiger partial charge is 0.481 e.